The summed E-state index contributed by atoms with van der Waals surface area (Å²) in [6.07, 6.45) is 4.47. The van der Waals surface area contributed by atoms with Crippen LogP contribution < -0.4 is 0 Å². The van der Waals surface area contributed by atoms with Crippen LogP contribution in [0.2, 0.25) is 0 Å². The molecule has 0 bridgehead atoms. The number of nitrogens with zero attached hydrogens (tertiary/aromatic N) is 4. The largest absolute Gasteiger partial charge is 0.325 e. The van der Waals surface area contributed by atoms with E-state index in [0.717, 1.165) is 24.9 Å². The first-order chi connectivity index (χ1) is 10.1. The zero-order chi connectivity index (χ0) is 14.6. The van der Waals surface area contributed by atoms with Crippen LogP contribution in [0, 0.1) is 18.6 Å². The first kappa shape index (κ1) is 12.4. The second-order valence-corrected chi connectivity index (χ2v) is 5.31. The molecule has 1 aromatic carbocycles. The number of aryl methyl sites for hydroxylation is 1. The summed E-state index contributed by atoms with van der Waals surface area (Å²) in [6.45, 7) is 1.86. The third kappa shape index (κ3) is 1.90. The van der Waals surface area contributed by atoms with Crippen molar-refractivity contribution in [3.8, 4) is 11.3 Å². The first-order valence-electron chi connectivity index (χ1n) is 6.79. The van der Waals surface area contributed by atoms with E-state index in [1.807, 2.05) is 11.5 Å². The molecule has 0 saturated heterocycles. The maximum Gasteiger partial charge on any atom is 0.167 e. The zero-order valence-electron chi connectivity index (χ0n) is 11.3. The van der Waals surface area contributed by atoms with Crippen molar-refractivity contribution in [2.24, 2.45) is 0 Å². The van der Waals surface area contributed by atoms with Crippen LogP contribution in [0.5, 0.6) is 0 Å². The lowest BCUT2D eigenvalue weighted by Gasteiger charge is -2.06. The van der Waals surface area contributed by atoms with Gasteiger partial charge in [0.15, 0.2) is 11.6 Å². The lowest BCUT2D eigenvalue weighted by Crippen LogP contribution is -1.97. The molecule has 0 N–H and O–H groups in total. The minimum absolute atomic E-state index is 0.104. The fourth-order valence-corrected chi connectivity index (χ4v) is 2.72. The molecule has 0 amide bonds. The molecule has 4 nitrogen and oxygen atoms in total. The number of fused-ring (bicyclic) bond motifs is 1. The Morgan fingerprint density at radius 3 is 2.71 bits per heavy atom. The molecular weight excluding hydrogens is 274 g/mol. The van der Waals surface area contributed by atoms with Crippen molar-refractivity contribution in [3.63, 3.8) is 0 Å². The maximum absolute atomic E-state index is 14.3. The van der Waals surface area contributed by atoms with Gasteiger partial charge in [0.05, 0.1) is 11.7 Å². The Kier molecular flexibility index (Phi) is 2.54. The van der Waals surface area contributed by atoms with Crippen molar-refractivity contribution in [2.75, 3.05) is 0 Å². The van der Waals surface area contributed by atoms with Gasteiger partial charge >= 0.3 is 0 Å². The van der Waals surface area contributed by atoms with Gasteiger partial charge in [-0.25, -0.2) is 23.7 Å². The van der Waals surface area contributed by atoms with Crippen molar-refractivity contribution < 1.29 is 8.78 Å². The number of aromatic nitrogens is 4. The van der Waals surface area contributed by atoms with Crippen LogP contribution in [0.25, 0.3) is 22.3 Å². The summed E-state index contributed by atoms with van der Waals surface area (Å²) in [4.78, 5) is 11.8. The van der Waals surface area contributed by atoms with Gasteiger partial charge in [0.1, 0.15) is 23.4 Å². The Labute approximate surface area is 119 Å². The van der Waals surface area contributed by atoms with Gasteiger partial charge in [-0.15, -0.1) is 0 Å². The minimum Gasteiger partial charge on any atom is -0.325 e. The van der Waals surface area contributed by atoms with Crippen LogP contribution in [-0.4, -0.2) is 19.5 Å². The van der Waals surface area contributed by atoms with Crippen molar-refractivity contribution in [2.45, 2.75) is 25.8 Å². The van der Waals surface area contributed by atoms with Crippen LogP contribution in [0.4, 0.5) is 8.78 Å². The Hall–Kier alpha value is -2.37. The molecule has 0 atom stereocenters. The summed E-state index contributed by atoms with van der Waals surface area (Å²) < 4.78 is 30.1. The third-order valence-electron chi connectivity index (χ3n) is 3.78. The van der Waals surface area contributed by atoms with E-state index in [2.05, 4.69) is 15.0 Å². The molecule has 1 saturated carbocycles. The summed E-state index contributed by atoms with van der Waals surface area (Å²) in [6, 6.07) is 3.40. The normalized spacial score (nSPS) is 14.8. The van der Waals surface area contributed by atoms with E-state index in [9.17, 15) is 8.78 Å². The summed E-state index contributed by atoms with van der Waals surface area (Å²) in [5.41, 5.74) is 1.54. The van der Waals surface area contributed by atoms with Crippen LogP contribution in [0.1, 0.15) is 24.7 Å². The van der Waals surface area contributed by atoms with Gasteiger partial charge in [0.25, 0.3) is 0 Å². The highest BCUT2D eigenvalue weighted by Gasteiger charge is 2.28. The molecule has 1 aliphatic rings. The van der Waals surface area contributed by atoms with Crippen LogP contribution >= 0.6 is 0 Å². The minimum atomic E-state index is -0.564. The molecule has 0 spiro atoms. The lowest BCUT2D eigenvalue weighted by atomic mass is 10.1. The Morgan fingerprint density at radius 2 is 2.00 bits per heavy atom. The van der Waals surface area contributed by atoms with Gasteiger partial charge in [-0.3, -0.25) is 0 Å². The molecular formula is C15H12F2N4. The molecule has 0 unspecified atom stereocenters. The van der Waals surface area contributed by atoms with Crippen LogP contribution in [-0.2, 0) is 0 Å². The Morgan fingerprint density at radius 1 is 1.19 bits per heavy atom. The molecule has 1 aliphatic carbocycles. The quantitative estimate of drug-likeness (QED) is 0.725. The van der Waals surface area contributed by atoms with Gasteiger partial charge in [0, 0.05) is 11.6 Å². The molecule has 2 heterocycles. The molecule has 2 aromatic heterocycles. The topological polar surface area (TPSA) is 43.6 Å². The second kappa shape index (κ2) is 4.31. The number of benzene rings is 1. The fourth-order valence-electron chi connectivity index (χ4n) is 2.72. The maximum atomic E-state index is 14.3. The molecule has 6 heteroatoms. The van der Waals surface area contributed by atoms with Crippen molar-refractivity contribution >= 4 is 11.0 Å². The second-order valence-electron chi connectivity index (χ2n) is 5.31. The number of hydrogen-bond donors (Lipinski definition) is 0. The number of imidazole rings is 1. The molecule has 0 aliphatic heterocycles. The van der Waals surface area contributed by atoms with Gasteiger partial charge in [0.2, 0.25) is 0 Å². The molecule has 1 fully saturated rings. The molecule has 3 aromatic rings. The molecule has 4 rings (SSSR count). The third-order valence-corrected chi connectivity index (χ3v) is 3.78. The highest BCUT2D eigenvalue weighted by atomic mass is 19.1. The highest BCUT2D eigenvalue weighted by Crippen LogP contribution is 2.39. The van der Waals surface area contributed by atoms with E-state index in [-0.39, 0.29) is 5.69 Å². The van der Waals surface area contributed by atoms with Gasteiger partial charge in [-0.05, 0) is 31.9 Å². The summed E-state index contributed by atoms with van der Waals surface area (Å²) >= 11 is 0. The highest BCUT2D eigenvalue weighted by molar-refractivity contribution is 5.83. The fraction of sp³-hybridized carbons (Fsp3) is 0.267. The van der Waals surface area contributed by atoms with Gasteiger partial charge in [-0.1, -0.05) is 0 Å². The van der Waals surface area contributed by atoms with E-state index in [1.54, 1.807) is 6.07 Å². The smallest absolute Gasteiger partial charge is 0.167 e. The number of hydrogen-bond acceptors (Lipinski definition) is 3. The van der Waals surface area contributed by atoms with Crippen LogP contribution in [0.15, 0.2) is 24.7 Å². The average Bonchev–Trinajstić information content (AvgIpc) is 3.22. The number of halogens is 2. The molecule has 0 radical (unpaired) electrons. The Balaban J connectivity index is 2.00. The summed E-state index contributed by atoms with van der Waals surface area (Å²) in [5, 5.41) is 0. The predicted octanol–water partition coefficient (Wildman–Crippen LogP) is 3.41. The SMILES string of the molecule is Cc1nc2c(F)cc(-c3ncncc3F)cc2n1C1CC1. The van der Waals surface area contributed by atoms with E-state index in [4.69, 9.17) is 0 Å². The van der Waals surface area contributed by atoms with Gasteiger partial charge < -0.3 is 4.57 Å². The van der Waals surface area contributed by atoms with Crippen molar-refractivity contribution in [3.05, 3.63) is 42.1 Å². The van der Waals surface area contributed by atoms with Crippen molar-refractivity contribution in [1.82, 2.24) is 19.5 Å². The average molecular weight is 286 g/mol. The predicted molar refractivity (Wildman–Crippen MR) is 73.7 cm³/mol. The lowest BCUT2D eigenvalue weighted by molar-refractivity contribution is 0.616. The standard InChI is InChI=1S/C15H12F2N4/c1-8-20-15-11(16)4-9(14-12(17)6-18-7-19-14)5-13(15)21(8)10-2-3-10/h4-7,10H,2-3H2,1H3. The summed E-state index contributed by atoms with van der Waals surface area (Å²) in [5.74, 6) is -0.236. The van der Waals surface area contributed by atoms with E-state index in [1.165, 1.54) is 12.4 Å². The molecule has 106 valence electrons. The van der Waals surface area contributed by atoms with Crippen molar-refractivity contribution in [1.29, 1.82) is 0 Å². The van der Waals surface area contributed by atoms with E-state index >= 15 is 0 Å². The summed E-state index contributed by atoms with van der Waals surface area (Å²) in [7, 11) is 0. The van der Waals surface area contributed by atoms with E-state index < -0.39 is 11.6 Å². The monoisotopic (exact) mass is 286 g/mol. The van der Waals surface area contributed by atoms with Crippen LogP contribution in [0.3, 0.4) is 0 Å². The zero-order valence-corrected chi connectivity index (χ0v) is 11.3. The number of rotatable bonds is 2. The molecule has 21 heavy (non-hydrogen) atoms. The van der Waals surface area contributed by atoms with E-state index in [0.29, 0.717) is 22.6 Å². The Bertz CT molecular complexity index is 852. The first-order valence-corrected chi connectivity index (χ1v) is 6.79. The van der Waals surface area contributed by atoms with Gasteiger partial charge in [-0.2, -0.15) is 0 Å².